The highest BCUT2D eigenvalue weighted by Gasteiger charge is 2.42. The van der Waals surface area contributed by atoms with Crippen LogP contribution >= 0.6 is 0 Å². The van der Waals surface area contributed by atoms with Crippen molar-refractivity contribution in [2.45, 2.75) is 44.6 Å². The van der Waals surface area contributed by atoms with Crippen LogP contribution in [0.25, 0.3) is 0 Å². The average Bonchev–Trinajstić information content (AvgIpc) is 2.74. The van der Waals surface area contributed by atoms with Crippen LogP contribution in [0.5, 0.6) is 0 Å². The predicted octanol–water partition coefficient (Wildman–Crippen LogP) is 1.96. The van der Waals surface area contributed by atoms with E-state index in [-0.39, 0.29) is 17.6 Å². The minimum absolute atomic E-state index is 0.0836. The quantitative estimate of drug-likeness (QED) is 0.753. The van der Waals surface area contributed by atoms with E-state index in [1.807, 2.05) is 4.90 Å². The fourth-order valence-corrected chi connectivity index (χ4v) is 4.67. The van der Waals surface area contributed by atoms with Crippen LogP contribution in [-0.4, -0.2) is 67.6 Å². The Bertz CT molecular complexity index is 704. The fourth-order valence-electron chi connectivity index (χ4n) is 4.67. The smallest absolute Gasteiger partial charge is 0.226 e. The van der Waals surface area contributed by atoms with Crippen LogP contribution in [-0.2, 0) is 20.7 Å². The van der Waals surface area contributed by atoms with Crippen molar-refractivity contribution in [3.63, 3.8) is 0 Å². The Balaban J connectivity index is 1.53. The molecule has 0 bridgehead atoms. The number of benzene rings is 1. The van der Waals surface area contributed by atoms with E-state index in [9.17, 15) is 14.0 Å². The first-order valence-electron chi connectivity index (χ1n) is 10.5. The molecule has 2 N–H and O–H groups in total. The summed E-state index contributed by atoms with van der Waals surface area (Å²) in [6.07, 6.45) is 4.52. The highest BCUT2D eigenvalue weighted by atomic mass is 19.1. The van der Waals surface area contributed by atoms with Crippen molar-refractivity contribution < 1.29 is 18.7 Å². The molecule has 7 heteroatoms. The molecule has 2 fully saturated rings. The molecule has 0 aromatic heterocycles. The third-order valence-electron chi connectivity index (χ3n) is 6.52. The molecule has 2 saturated heterocycles. The van der Waals surface area contributed by atoms with E-state index in [1.165, 1.54) is 12.1 Å². The summed E-state index contributed by atoms with van der Waals surface area (Å²) in [6, 6.07) is 6.47. The predicted molar refractivity (Wildman–Crippen MR) is 109 cm³/mol. The second-order valence-electron chi connectivity index (χ2n) is 8.38. The van der Waals surface area contributed by atoms with E-state index in [0.717, 1.165) is 37.8 Å². The van der Waals surface area contributed by atoms with E-state index >= 15 is 0 Å². The van der Waals surface area contributed by atoms with Crippen molar-refractivity contribution in [2.24, 2.45) is 11.1 Å². The monoisotopic (exact) mass is 405 g/mol. The summed E-state index contributed by atoms with van der Waals surface area (Å²) in [6.45, 7) is 3.61. The Morgan fingerprint density at radius 3 is 2.52 bits per heavy atom. The molecule has 6 nitrogen and oxygen atoms in total. The van der Waals surface area contributed by atoms with Gasteiger partial charge in [-0.15, -0.1) is 0 Å². The SMILES string of the molecule is COCCC1(C(N)=O)CCCN(C2CCN(C(=O)Cc3ccc(F)cc3)CC2)C1. The Labute approximate surface area is 172 Å². The minimum atomic E-state index is -0.510. The zero-order valence-corrected chi connectivity index (χ0v) is 17.2. The van der Waals surface area contributed by atoms with Gasteiger partial charge in [-0.3, -0.25) is 14.5 Å². The molecule has 160 valence electrons. The van der Waals surface area contributed by atoms with Crippen LogP contribution in [0.1, 0.15) is 37.7 Å². The minimum Gasteiger partial charge on any atom is -0.385 e. The van der Waals surface area contributed by atoms with E-state index in [2.05, 4.69) is 4.90 Å². The Morgan fingerprint density at radius 1 is 1.21 bits per heavy atom. The van der Waals surface area contributed by atoms with Crippen LogP contribution in [0.4, 0.5) is 4.39 Å². The number of nitrogens with zero attached hydrogens (tertiary/aromatic N) is 2. The molecule has 1 aromatic carbocycles. The van der Waals surface area contributed by atoms with Crippen LogP contribution in [0.2, 0.25) is 0 Å². The lowest BCUT2D eigenvalue weighted by Crippen LogP contribution is -2.56. The zero-order valence-electron chi connectivity index (χ0n) is 17.2. The number of carbonyl (C=O) groups excluding carboxylic acids is 2. The number of rotatable bonds is 7. The fraction of sp³-hybridized carbons (Fsp3) is 0.636. The van der Waals surface area contributed by atoms with Gasteiger partial charge in [0, 0.05) is 39.4 Å². The van der Waals surface area contributed by atoms with E-state index in [4.69, 9.17) is 10.5 Å². The molecular formula is C22H32FN3O3. The van der Waals surface area contributed by atoms with Gasteiger partial charge in [-0.05, 0) is 56.3 Å². The second-order valence-corrected chi connectivity index (χ2v) is 8.38. The summed E-state index contributed by atoms with van der Waals surface area (Å²) < 4.78 is 18.2. The summed E-state index contributed by atoms with van der Waals surface area (Å²) in [5.74, 6) is -0.437. The Kier molecular flexibility index (Phi) is 7.24. The summed E-state index contributed by atoms with van der Waals surface area (Å²) in [4.78, 5) is 29.1. The van der Waals surface area contributed by atoms with Crippen LogP contribution < -0.4 is 5.73 Å². The number of methoxy groups -OCH3 is 1. The number of halogens is 1. The Hall–Kier alpha value is -1.99. The molecule has 0 saturated carbocycles. The molecule has 1 aromatic rings. The lowest BCUT2D eigenvalue weighted by atomic mass is 9.76. The van der Waals surface area contributed by atoms with E-state index in [1.54, 1.807) is 19.2 Å². The van der Waals surface area contributed by atoms with Crippen molar-refractivity contribution >= 4 is 11.8 Å². The number of likely N-dealkylation sites (tertiary alicyclic amines) is 2. The third-order valence-corrected chi connectivity index (χ3v) is 6.52. The second kappa shape index (κ2) is 9.67. The van der Waals surface area contributed by atoms with Gasteiger partial charge in [-0.1, -0.05) is 12.1 Å². The molecule has 0 aliphatic carbocycles. The zero-order chi connectivity index (χ0) is 20.9. The summed E-state index contributed by atoms with van der Waals surface area (Å²) in [5.41, 5.74) is 6.10. The normalized spacial score (nSPS) is 23.9. The van der Waals surface area contributed by atoms with Gasteiger partial charge in [0.05, 0.1) is 11.8 Å². The van der Waals surface area contributed by atoms with Gasteiger partial charge in [-0.2, -0.15) is 0 Å². The highest BCUT2D eigenvalue weighted by Crippen LogP contribution is 2.35. The number of hydrogen-bond acceptors (Lipinski definition) is 4. The maximum Gasteiger partial charge on any atom is 0.226 e. The van der Waals surface area contributed by atoms with E-state index in [0.29, 0.717) is 45.1 Å². The number of amides is 2. The lowest BCUT2D eigenvalue weighted by molar-refractivity contribution is -0.134. The molecular weight excluding hydrogens is 373 g/mol. The van der Waals surface area contributed by atoms with Crippen molar-refractivity contribution in [3.8, 4) is 0 Å². The summed E-state index contributed by atoms with van der Waals surface area (Å²) >= 11 is 0. The van der Waals surface area contributed by atoms with Gasteiger partial charge in [0.15, 0.2) is 0 Å². The van der Waals surface area contributed by atoms with Crippen molar-refractivity contribution in [1.82, 2.24) is 9.80 Å². The van der Waals surface area contributed by atoms with Gasteiger partial charge < -0.3 is 15.4 Å². The molecule has 1 unspecified atom stereocenters. The maximum absolute atomic E-state index is 13.0. The first-order chi connectivity index (χ1) is 13.9. The molecule has 29 heavy (non-hydrogen) atoms. The van der Waals surface area contributed by atoms with Gasteiger partial charge >= 0.3 is 0 Å². The van der Waals surface area contributed by atoms with Crippen molar-refractivity contribution in [3.05, 3.63) is 35.6 Å². The molecule has 0 spiro atoms. The van der Waals surface area contributed by atoms with E-state index < -0.39 is 5.41 Å². The summed E-state index contributed by atoms with van der Waals surface area (Å²) in [7, 11) is 1.65. The molecule has 2 aliphatic heterocycles. The number of nitrogens with two attached hydrogens (primary N) is 1. The largest absolute Gasteiger partial charge is 0.385 e. The number of primary amides is 1. The summed E-state index contributed by atoms with van der Waals surface area (Å²) in [5, 5.41) is 0. The molecule has 3 rings (SSSR count). The number of ether oxygens (including phenoxy) is 1. The molecule has 0 radical (unpaired) electrons. The third kappa shape index (κ3) is 5.34. The number of hydrogen-bond donors (Lipinski definition) is 1. The average molecular weight is 406 g/mol. The first kappa shape index (κ1) is 21.7. The Morgan fingerprint density at radius 2 is 1.90 bits per heavy atom. The van der Waals surface area contributed by atoms with Crippen molar-refractivity contribution in [1.29, 1.82) is 0 Å². The number of carbonyl (C=O) groups is 2. The number of piperidine rings is 2. The van der Waals surface area contributed by atoms with Crippen LogP contribution in [0.3, 0.4) is 0 Å². The van der Waals surface area contributed by atoms with Gasteiger partial charge in [0.1, 0.15) is 5.82 Å². The standard InChI is InChI=1S/C22H32FN3O3/c1-29-14-10-22(21(24)28)9-2-11-26(16-22)19-7-12-25(13-8-19)20(27)15-17-3-5-18(23)6-4-17/h3-6,19H,2,7-16H2,1H3,(H2,24,28). The molecule has 2 heterocycles. The molecule has 2 aliphatic rings. The lowest BCUT2D eigenvalue weighted by Gasteiger charge is -2.46. The van der Waals surface area contributed by atoms with Crippen LogP contribution in [0.15, 0.2) is 24.3 Å². The molecule has 2 amide bonds. The van der Waals surface area contributed by atoms with Crippen molar-refractivity contribution in [2.75, 3.05) is 39.9 Å². The first-order valence-corrected chi connectivity index (χ1v) is 10.5. The molecule has 1 atom stereocenters. The van der Waals surface area contributed by atoms with Gasteiger partial charge in [0.25, 0.3) is 0 Å². The van der Waals surface area contributed by atoms with Crippen LogP contribution in [0, 0.1) is 11.2 Å². The topological polar surface area (TPSA) is 75.9 Å². The highest BCUT2D eigenvalue weighted by molar-refractivity contribution is 5.81. The van der Waals surface area contributed by atoms with Gasteiger partial charge in [0.2, 0.25) is 11.8 Å². The maximum atomic E-state index is 13.0. The van der Waals surface area contributed by atoms with Gasteiger partial charge in [-0.25, -0.2) is 4.39 Å².